The lowest BCUT2D eigenvalue weighted by atomic mass is 9.97. The third-order valence-corrected chi connectivity index (χ3v) is 7.52. The average molecular weight is 439 g/mol. The van der Waals surface area contributed by atoms with Gasteiger partial charge >= 0.3 is 6.18 Å². The van der Waals surface area contributed by atoms with Gasteiger partial charge in [0.25, 0.3) is 5.91 Å². The van der Waals surface area contributed by atoms with Gasteiger partial charge in [-0.1, -0.05) is 18.0 Å². The normalized spacial score (nSPS) is 22.3. The first-order valence-corrected chi connectivity index (χ1v) is 11.1. The SMILES string of the molecule is O=C(c1cc(S(=O)(=O)N2CCCCC2)ccc1Cl)N1CCC[C@@H](C(F)(F)F)C1. The molecule has 2 heterocycles. The summed E-state index contributed by atoms with van der Waals surface area (Å²) in [6.45, 7) is 0.563. The van der Waals surface area contributed by atoms with E-state index in [4.69, 9.17) is 11.6 Å². The fourth-order valence-electron chi connectivity index (χ4n) is 3.68. The molecule has 2 fully saturated rings. The van der Waals surface area contributed by atoms with Crippen LogP contribution in [0, 0.1) is 5.92 Å². The Bertz CT molecular complexity index is 839. The third kappa shape index (κ3) is 4.46. The van der Waals surface area contributed by atoms with Crippen LogP contribution in [0.5, 0.6) is 0 Å². The number of rotatable bonds is 3. The molecule has 156 valence electrons. The summed E-state index contributed by atoms with van der Waals surface area (Å²) in [6.07, 6.45) is -1.66. The number of sulfonamides is 1. The molecule has 5 nitrogen and oxygen atoms in total. The van der Waals surface area contributed by atoms with Crippen LogP contribution in [0.4, 0.5) is 13.2 Å². The van der Waals surface area contributed by atoms with Gasteiger partial charge in [0.2, 0.25) is 10.0 Å². The first kappa shape index (κ1) is 21.4. The molecule has 2 saturated heterocycles. The van der Waals surface area contributed by atoms with Crippen molar-refractivity contribution >= 4 is 27.5 Å². The summed E-state index contributed by atoms with van der Waals surface area (Å²) < 4.78 is 66.2. The number of carbonyl (C=O) groups excluding carboxylic acids is 1. The lowest BCUT2D eigenvalue weighted by Crippen LogP contribution is -2.44. The summed E-state index contributed by atoms with van der Waals surface area (Å²) in [7, 11) is -3.78. The van der Waals surface area contributed by atoms with Crippen LogP contribution in [0.3, 0.4) is 0 Å². The predicted molar refractivity (Wildman–Crippen MR) is 98.7 cm³/mol. The van der Waals surface area contributed by atoms with E-state index in [9.17, 15) is 26.4 Å². The van der Waals surface area contributed by atoms with Crippen LogP contribution >= 0.6 is 11.6 Å². The van der Waals surface area contributed by atoms with Crippen molar-refractivity contribution in [2.75, 3.05) is 26.2 Å². The minimum absolute atomic E-state index is 0.0234. The van der Waals surface area contributed by atoms with Gasteiger partial charge in [0.1, 0.15) is 0 Å². The highest BCUT2D eigenvalue weighted by Gasteiger charge is 2.43. The number of halogens is 4. The van der Waals surface area contributed by atoms with E-state index in [1.165, 1.54) is 22.5 Å². The monoisotopic (exact) mass is 438 g/mol. The number of carbonyl (C=O) groups is 1. The van der Waals surface area contributed by atoms with Gasteiger partial charge in [-0.3, -0.25) is 4.79 Å². The van der Waals surface area contributed by atoms with Crippen molar-refractivity contribution in [3.63, 3.8) is 0 Å². The molecule has 0 aromatic heterocycles. The van der Waals surface area contributed by atoms with Gasteiger partial charge in [-0.05, 0) is 43.9 Å². The number of piperidine rings is 2. The largest absolute Gasteiger partial charge is 0.393 e. The summed E-state index contributed by atoms with van der Waals surface area (Å²) >= 11 is 6.09. The molecule has 1 aromatic rings. The number of likely N-dealkylation sites (tertiary alicyclic amines) is 1. The molecule has 0 saturated carbocycles. The van der Waals surface area contributed by atoms with Crippen LogP contribution < -0.4 is 0 Å². The van der Waals surface area contributed by atoms with Crippen molar-refractivity contribution in [3.05, 3.63) is 28.8 Å². The van der Waals surface area contributed by atoms with Gasteiger partial charge in [-0.25, -0.2) is 8.42 Å². The average Bonchev–Trinajstić information content (AvgIpc) is 2.68. The van der Waals surface area contributed by atoms with Crippen LogP contribution in [0.2, 0.25) is 5.02 Å². The Morgan fingerprint density at radius 1 is 1.07 bits per heavy atom. The number of amides is 1. The van der Waals surface area contributed by atoms with Gasteiger partial charge in [0.05, 0.1) is 21.4 Å². The van der Waals surface area contributed by atoms with E-state index in [1.54, 1.807) is 0 Å². The van der Waals surface area contributed by atoms with Gasteiger partial charge in [-0.15, -0.1) is 0 Å². The third-order valence-electron chi connectivity index (χ3n) is 5.29. The highest BCUT2D eigenvalue weighted by atomic mass is 35.5. The maximum Gasteiger partial charge on any atom is 0.393 e. The zero-order chi connectivity index (χ0) is 20.5. The zero-order valence-corrected chi connectivity index (χ0v) is 16.8. The van der Waals surface area contributed by atoms with Crippen molar-refractivity contribution in [2.45, 2.75) is 43.2 Å². The van der Waals surface area contributed by atoms with E-state index in [-0.39, 0.29) is 34.9 Å². The number of benzene rings is 1. The molecule has 28 heavy (non-hydrogen) atoms. The topological polar surface area (TPSA) is 57.7 Å². The lowest BCUT2D eigenvalue weighted by Gasteiger charge is -2.34. The summed E-state index contributed by atoms with van der Waals surface area (Å²) in [5.41, 5.74) is -0.0809. The molecular weight excluding hydrogens is 417 g/mol. The van der Waals surface area contributed by atoms with Crippen LogP contribution in [0.15, 0.2) is 23.1 Å². The first-order valence-electron chi connectivity index (χ1n) is 9.26. The molecule has 10 heteroatoms. The number of nitrogens with zero attached hydrogens (tertiary/aromatic N) is 2. The molecule has 2 aliphatic rings. The smallest absolute Gasteiger partial charge is 0.338 e. The summed E-state index contributed by atoms with van der Waals surface area (Å²) in [5, 5.41) is 0.0247. The molecule has 0 radical (unpaired) electrons. The predicted octanol–water partition coefficient (Wildman–Crippen LogP) is 3.93. The second kappa shape index (κ2) is 8.20. The number of hydrogen-bond acceptors (Lipinski definition) is 3. The van der Waals surface area contributed by atoms with E-state index < -0.39 is 34.6 Å². The Hall–Kier alpha value is -1.32. The van der Waals surface area contributed by atoms with E-state index in [0.29, 0.717) is 13.1 Å². The van der Waals surface area contributed by atoms with Gasteiger partial charge < -0.3 is 4.90 Å². The fraction of sp³-hybridized carbons (Fsp3) is 0.611. The molecule has 0 aliphatic carbocycles. The second-order valence-electron chi connectivity index (χ2n) is 7.24. The van der Waals surface area contributed by atoms with Gasteiger partial charge in [0, 0.05) is 26.2 Å². The molecule has 0 bridgehead atoms. The van der Waals surface area contributed by atoms with E-state index in [2.05, 4.69) is 0 Å². The van der Waals surface area contributed by atoms with Crippen LogP contribution in [-0.4, -0.2) is 55.9 Å². The molecule has 1 aromatic carbocycles. The van der Waals surface area contributed by atoms with Crippen LogP contribution in [0.1, 0.15) is 42.5 Å². The van der Waals surface area contributed by atoms with Gasteiger partial charge in [0.15, 0.2) is 0 Å². The highest BCUT2D eigenvalue weighted by Crippen LogP contribution is 2.34. The van der Waals surface area contributed by atoms with Crippen molar-refractivity contribution in [1.82, 2.24) is 9.21 Å². The molecule has 1 amide bonds. The highest BCUT2D eigenvalue weighted by molar-refractivity contribution is 7.89. The zero-order valence-electron chi connectivity index (χ0n) is 15.2. The molecule has 3 rings (SSSR count). The Labute approximate surface area is 167 Å². The summed E-state index contributed by atoms with van der Waals surface area (Å²) in [5.74, 6) is -2.25. The first-order chi connectivity index (χ1) is 13.1. The van der Waals surface area contributed by atoms with Gasteiger partial charge in [-0.2, -0.15) is 17.5 Å². The van der Waals surface area contributed by atoms with Crippen molar-refractivity contribution < 1.29 is 26.4 Å². The molecule has 2 aliphatic heterocycles. The molecule has 0 unspecified atom stereocenters. The maximum absolute atomic E-state index is 13.0. The molecule has 1 atom stereocenters. The molecule has 0 spiro atoms. The van der Waals surface area contributed by atoms with Crippen LogP contribution in [-0.2, 0) is 10.0 Å². The fourth-order valence-corrected chi connectivity index (χ4v) is 5.42. The summed E-state index contributed by atoms with van der Waals surface area (Å²) in [4.78, 5) is 13.9. The second-order valence-corrected chi connectivity index (χ2v) is 9.58. The summed E-state index contributed by atoms with van der Waals surface area (Å²) in [6, 6.07) is 3.83. The standard InChI is InChI=1S/C18H22ClF3N2O3S/c19-16-7-6-14(28(26,27)24-9-2-1-3-10-24)11-15(16)17(25)23-8-4-5-13(12-23)18(20,21)22/h6-7,11,13H,1-5,8-10,12H2/t13-/m1/s1. The quantitative estimate of drug-likeness (QED) is 0.718. The minimum Gasteiger partial charge on any atom is -0.338 e. The molecule has 0 N–H and O–H groups in total. The Morgan fingerprint density at radius 2 is 1.75 bits per heavy atom. The van der Waals surface area contributed by atoms with Crippen LogP contribution in [0.25, 0.3) is 0 Å². The number of alkyl halides is 3. The Kier molecular flexibility index (Phi) is 6.26. The van der Waals surface area contributed by atoms with E-state index in [0.717, 1.165) is 24.2 Å². The van der Waals surface area contributed by atoms with E-state index in [1.807, 2.05) is 0 Å². The van der Waals surface area contributed by atoms with E-state index >= 15 is 0 Å². The Balaban J connectivity index is 1.86. The minimum atomic E-state index is -4.37. The maximum atomic E-state index is 13.0. The lowest BCUT2D eigenvalue weighted by molar-refractivity contribution is -0.184. The number of hydrogen-bond donors (Lipinski definition) is 0. The van der Waals surface area contributed by atoms with Crippen molar-refractivity contribution in [2.24, 2.45) is 5.92 Å². The van der Waals surface area contributed by atoms with Crippen molar-refractivity contribution in [1.29, 1.82) is 0 Å². The molecular formula is C18H22ClF3N2O3S. The van der Waals surface area contributed by atoms with Crippen molar-refractivity contribution in [3.8, 4) is 0 Å². The Morgan fingerprint density at radius 3 is 2.39 bits per heavy atom.